The summed E-state index contributed by atoms with van der Waals surface area (Å²) in [4.78, 5) is 0. The van der Waals surface area contributed by atoms with Crippen LogP contribution >= 0.6 is 11.8 Å². The molecule has 3 nitrogen and oxygen atoms in total. The van der Waals surface area contributed by atoms with E-state index in [1.807, 2.05) is 23.9 Å². The lowest BCUT2D eigenvalue weighted by Gasteiger charge is -2.16. The summed E-state index contributed by atoms with van der Waals surface area (Å²) >= 11 is 1.97. The number of aryl methyl sites for hydroxylation is 1. The van der Waals surface area contributed by atoms with E-state index in [0.717, 1.165) is 30.3 Å². The summed E-state index contributed by atoms with van der Waals surface area (Å²) in [6, 6.07) is 8.63. The number of hydrogen-bond donors (Lipinski definition) is 2. The molecule has 0 aliphatic heterocycles. The summed E-state index contributed by atoms with van der Waals surface area (Å²) in [5.74, 6) is 9.53. The van der Waals surface area contributed by atoms with Crippen molar-refractivity contribution in [2.75, 3.05) is 18.6 Å². The summed E-state index contributed by atoms with van der Waals surface area (Å²) in [7, 11) is 1.69. The Morgan fingerprint density at radius 1 is 1.21 bits per heavy atom. The van der Waals surface area contributed by atoms with Crippen molar-refractivity contribution in [3.63, 3.8) is 0 Å². The predicted octanol–water partition coefficient (Wildman–Crippen LogP) is 2.85. The van der Waals surface area contributed by atoms with Crippen molar-refractivity contribution < 1.29 is 4.74 Å². The zero-order valence-corrected chi connectivity index (χ0v) is 13.0. The van der Waals surface area contributed by atoms with Crippen LogP contribution < -0.4 is 16.0 Å². The number of rotatable bonds is 9. The highest BCUT2D eigenvalue weighted by Crippen LogP contribution is 2.15. The number of methoxy groups -OCH3 is 1. The first kappa shape index (κ1) is 16.3. The quantitative estimate of drug-likeness (QED) is 0.540. The van der Waals surface area contributed by atoms with E-state index in [2.05, 4.69) is 31.4 Å². The van der Waals surface area contributed by atoms with Crippen LogP contribution in [0, 0.1) is 5.92 Å². The first-order valence-electron chi connectivity index (χ1n) is 6.82. The molecule has 0 saturated carbocycles. The monoisotopic (exact) mass is 282 g/mol. The Morgan fingerprint density at radius 3 is 2.42 bits per heavy atom. The van der Waals surface area contributed by atoms with Gasteiger partial charge < -0.3 is 4.74 Å². The zero-order valence-electron chi connectivity index (χ0n) is 12.2. The third-order valence-corrected chi connectivity index (χ3v) is 4.49. The van der Waals surface area contributed by atoms with Gasteiger partial charge in [-0.3, -0.25) is 11.3 Å². The molecule has 0 heterocycles. The van der Waals surface area contributed by atoms with Gasteiger partial charge in [0, 0.05) is 11.8 Å². The Labute approximate surface area is 121 Å². The molecule has 0 bridgehead atoms. The second-order valence-electron chi connectivity index (χ2n) is 5.18. The molecule has 0 spiro atoms. The zero-order chi connectivity index (χ0) is 14.1. The summed E-state index contributed by atoms with van der Waals surface area (Å²) < 4.78 is 5.16. The van der Waals surface area contributed by atoms with Crippen LogP contribution in [0.25, 0.3) is 0 Å². The van der Waals surface area contributed by atoms with Crippen LogP contribution in [0.1, 0.15) is 25.8 Å². The molecular weight excluding hydrogens is 256 g/mol. The fourth-order valence-electron chi connectivity index (χ4n) is 1.79. The molecule has 0 radical (unpaired) electrons. The number of hydrazine groups is 1. The molecule has 0 aliphatic rings. The van der Waals surface area contributed by atoms with Gasteiger partial charge in [-0.1, -0.05) is 26.0 Å². The van der Waals surface area contributed by atoms with E-state index in [0.29, 0.717) is 6.04 Å². The summed E-state index contributed by atoms with van der Waals surface area (Å²) in [6.07, 6.45) is 2.11. The average Bonchev–Trinajstić information content (AvgIpc) is 2.42. The Bertz CT molecular complexity index is 341. The van der Waals surface area contributed by atoms with Gasteiger partial charge in [-0.05, 0) is 42.2 Å². The van der Waals surface area contributed by atoms with Gasteiger partial charge in [-0.25, -0.2) is 0 Å². The summed E-state index contributed by atoms with van der Waals surface area (Å²) in [6.45, 7) is 4.49. The molecule has 4 heteroatoms. The maximum absolute atomic E-state index is 5.62. The van der Waals surface area contributed by atoms with Gasteiger partial charge in [0.25, 0.3) is 0 Å². The molecule has 0 amide bonds. The van der Waals surface area contributed by atoms with Gasteiger partial charge in [0.15, 0.2) is 0 Å². The Balaban J connectivity index is 2.31. The van der Waals surface area contributed by atoms with Crippen molar-refractivity contribution in [1.82, 2.24) is 5.43 Å². The Hall–Kier alpha value is -0.710. The lowest BCUT2D eigenvalue weighted by atomic mass is 10.1. The molecule has 0 aromatic heterocycles. The fraction of sp³-hybridized carbons (Fsp3) is 0.600. The van der Waals surface area contributed by atoms with Crippen molar-refractivity contribution in [1.29, 1.82) is 0 Å². The van der Waals surface area contributed by atoms with Crippen molar-refractivity contribution in [2.24, 2.45) is 11.8 Å². The van der Waals surface area contributed by atoms with E-state index in [4.69, 9.17) is 10.6 Å². The second-order valence-corrected chi connectivity index (χ2v) is 6.26. The first-order chi connectivity index (χ1) is 9.15. The van der Waals surface area contributed by atoms with Crippen LogP contribution in [0.4, 0.5) is 0 Å². The van der Waals surface area contributed by atoms with Crippen LogP contribution in [0.2, 0.25) is 0 Å². The fourth-order valence-corrected chi connectivity index (χ4v) is 2.95. The Kier molecular flexibility index (Phi) is 7.94. The number of nitrogens with one attached hydrogen (secondary N) is 1. The molecule has 1 aromatic rings. The largest absolute Gasteiger partial charge is 0.497 e. The van der Waals surface area contributed by atoms with Gasteiger partial charge in [0.05, 0.1) is 7.11 Å². The van der Waals surface area contributed by atoms with Crippen LogP contribution in [-0.4, -0.2) is 24.7 Å². The highest BCUT2D eigenvalue weighted by Gasteiger charge is 2.07. The van der Waals surface area contributed by atoms with E-state index in [1.165, 1.54) is 11.3 Å². The summed E-state index contributed by atoms with van der Waals surface area (Å²) in [5.41, 5.74) is 4.25. The van der Waals surface area contributed by atoms with Crippen LogP contribution in [0.5, 0.6) is 5.75 Å². The SMILES string of the molecule is COc1ccc(CCC(CSCC(C)C)NN)cc1. The van der Waals surface area contributed by atoms with Gasteiger partial charge in [-0.2, -0.15) is 11.8 Å². The maximum Gasteiger partial charge on any atom is 0.118 e. The first-order valence-corrected chi connectivity index (χ1v) is 7.98. The molecule has 0 fully saturated rings. The highest BCUT2D eigenvalue weighted by molar-refractivity contribution is 7.99. The molecular formula is C15H26N2OS. The van der Waals surface area contributed by atoms with E-state index in [9.17, 15) is 0 Å². The number of thioether (sulfide) groups is 1. The van der Waals surface area contributed by atoms with Crippen LogP contribution in [0.3, 0.4) is 0 Å². The number of benzene rings is 1. The number of hydrogen-bond acceptors (Lipinski definition) is 4. The molecule has 1 rings (SSSR count). The van der Waals surface area contributed by atoms with Gasteiger partial charge >= 0.3 is 0 Å². The van der Waals surface area contributed by atoms with E-state index < -0.39 is 0 Å². The standard InChI is InChI=1S/C15H26N2OS/c1-12(2)10-19-11-14(17-16)7-4-13-5-8-15(18-3)9-6-13/h5-6,8-9,12,14,17H,4,7,10-11,16H2,1-3H3. The molecule has 19 heavy (non-hydrogen) atoms. The molecule has 0 aliphatic carbocycles. The smallest absolute Gasteiger partial charge is 0.118 e. The number of ether oxygens (including phenoxy) is 1. The third-order valence-electron chi connectivity index (χ3n) is 2.95. The van der Waals surface area contributed by atoms with E-state index in [-0.39, 0.29) is 0 Å². The van der Waals surface area contributed by atoms with Crippen molar-refractivity contribution >= 4 is 11.8 Å². The van der Waals surface area contributed by atoms with Crippen molar-refractivity contribution in [3.8, 4) is 5.75 Å². The normalized spacial score (nSPS) is 12.7. The minimum atomic E-state index is 0.380. The highest BCUT2D eigenvalue weighted by atomic mass is 32.2. The third kappa shape index (κ3) is 6.85. The minimum absolute atomic E-state index is 0.380. The van der Waals surface area contributed by atoms with E-state index >= 15 is 0 Å². The van der Waals surface area contributed by atoms with Crippen molar-refractivity contribution in [2.45, 2.75) is 32.7 Å². The minimum Gasteiger partial charge on any atom is -0.497 e. The lowest BCUT2D eigenvalue weighted by molar-refractivity contribution is 0.414. The molecule has 3 N–H and O–H groups in total. The molecule has 1 aromatic carbocycles. The van der Waals surface area contributed by atoms with Crippen LogP contribution in [-0.2, 0) is 6.42 Å². The van der Waals surface area contributed by atoms with Gasteiger partial charge in [0.1, 0.15) is 5.75 Å². The predicted molar refractivity (Wildman–Crippen MR) is 84.6 cm³/mol. The molecule has 108 valence electrons. The maximum atomic E-state index is 5.62. The topological polar surface area (TPSA) is 47.3 Å². The summed E-state index contributed by atoms with van der Waals surface area (Å²) in [5, 5.41) is 0. The van der Waals surface area contributed by atoms with E-state index in [1.54, 1.807) is 7.11 Å². The lowest BCUT2D eigenvalue weighted by Crippen LogP contribution is -2.37. The average molecular weight is 282 g/mol. The Morgan fingerprint density at radius 2 is 1.89 bits per heavy atom. The number of nitrogens with two attached hydrogens (primary N) is 1. The molecule has 1 atom stereocenters. The second kappa shape index (κ2) is 9.23. The van der Waals surface area contributed by atoms with Crippen molar-refractivity contribution in [3.05, 3.63) is 29.8 Å². The molecule has 1 unspecified atom stereocenters. The molecule has 0 saturated heterocycles. The van der Waals surface area contributed by atoms with Crippen LogP contribution in [0.15, 0.2) is 24.3 Å². The van der Waals surface area contributed by atoms with Gasteiger partial charge in [-0.15, -0.1) is 0 Å². The van der Waals surface area contributed by atoms with Gasteiger partial charge in [0.2, 0.25) is 0 Å².